The van der Waals surface area contributed by atoms with Gasteiger partial charge in [0.15, 0.2) is 0 Å². The number of ether oxygens (including phenoxy) is 1. The summed E-state index contributed by atoms with van der Waals surface area (Å²) in [5.41, 5.74) is 0.266. The van der Waals surface area contributed by atoms with Crippen LogP contribution in [0.2, 0.25) is 0 Å². The van der Waals surface area contributed by atoms with Crippen LogP contribution in [0.4, 0.5) is 0 Å². The molecule has 0 amide bonds. The predicted octanol–water partition coefficient (Wildman–Crippen LogP) is 2.19. The predicted molar refractivity (Wildman–Crippen MR) is 73.5 cm³/mol. The van der Waals surface area contributed by atoms with E-state index in [9.17, 15) is 0 Å². The van der Waals surface area contributed by atoms with Crippen molar-refractivity contribution >= 4 is 0 Å². The van der Waals surface area contributed by atoms with Crippen molar-refractivity contribution in [2.75, 3.05) is 19.8 Å². The van der Waals surface area contributed by atoms with Crippen molar-refractivity contribution in [3.05, 3.63) is 0 Å². The summed E-state index contributed by atoms with van der Waals surface area (Å²) in [6.45, 7) is 9.14. The average Bonchev–Trinajstić information content (AvgIpc) is 2.37. The number of nitrogens with one attached hydrogen (secondary N) is 1. The van der Waals surface area contributed by atoms with Gasteiger partial charge in [0.1, 0.15) is 0 Å². The van der Waals surface area contributed by atoms with Gasteiger partial charge in [0.2, 0.25) is 0 Å². The van der Waals surface area contributed by atoms with Gasteiger partial charge in [0.05, 0.1) is 6.10 Å². The summed E-state index contributed by atoms with van der Waals surface area (Å²) < 4.78 is 5.92. The molecule has 0 aromatic heterocycles. The largest absolute Gasteiger partial charge is 0.396 e. The maximum absolute atomic E-state index is 9.05. The van der Waals surface area contributed by atoms with Crippen LogP contribution in [0.5, 0.6) is 0 Å². The Morgan fingerprint density at radius 3 is 2.89 bits per heavy atom. The van der Waals surface area contributed by atoms with E-state index in [0.29, 0.717) is 30.6 Å². The van der Waals surface area contributed by atoms with E-state index in [2.05, 4.69) is 26.1 Å². The topological polar surface area (TPSA) is 41.5 Å². The van der Waals surface area contributed by atoms with Crippen molar-refractivity contribution in [2.24, 2.45) is 17.3 Å². The van der Waals surface area contributed by atoms with E-state index in [4.69, 9.17) is 9.84 Å². The molecule has 2 fully saturated rings. The van der Waals surface area contributed by atoms with Crippen LogP contribution in [-0.2, 0) is 4.74 Å². The smallest absolute Gasteiger partial charge is 0.0684 e. The van der Waals surface area contributed by atoms with Crippen LogP contribution in [0, 0.1) is 17.3 Å². The molecule has 0 aromatic rings. The van der Waals surface area contributed by atoms with Gasteiger partial charge >= 0.3 is 0 Å². The highest BCUT2D eigenvalue weighted by atomic mass is 16.5. The fraction of sp³-hybridized carbons (Fsp3) is 1.00. The number of rotatable bonds is 6. The van der Waals surface area contributed by atoms with E-state index in [0.717, 1.165) is 26.0 Å². The van der Waals surface area contributed by atoms with Crippen LogP contribution < -0.4 is 5.32 Å². The molecular weight excluding hydrogens is 226 g/mol. The van der Waals surface area contributed by atoms with Crippen molar-refractivity contribution in [3.63, 3.8) is 0 Å². The van der Waals surface area contributed by atoms with Crippen LogP contribution in [0.1, 0.15) is 46.5 Å². The molecule has 3 heteroatoms. The number of hydrogen-bond acceptors (Lipinski definition) is 3. The zero-order chi connectivity index (χ0) is 13.2. The van der Waals surface area contributed by atoms with Crippen LogP contribution >= 0.6 is 0 Å². The molecule has 2 rings (SSSR count). The second kappa shape index (κ2) is 5.89. The molecule has 18 heavy (non-hydrogen) atoms. The number of aliphatic hydroxyl groups excluding tert-OH is 1. The molecule has 1 aliphatic carbocycles. The first-order valence-corrected chi connectivity index (χ1v) is 7.57. The van der Waals surface area contributed by atoms with Crippen LogP contribution in [0.3, 0.4) is 0 Å². The van der Waals surface area contributed by atoms with Gasteiger partial charge in [0.25, 0.3) is 0 Å². The molecule has 0 bridgehead atoms. The second-order valence-electron chi connectivity index (χ2n) is 6.59. The summed E-state index contributed by atoms with van der Waals surface area (Å²) in [6.07, 6.45) is 5.04. The van der Waals surface area contributed by atoms with Crippen LogP contribution in [0.15, 0.2) is 0 Å². The van der Waals surface area contributed by atoms with E-state index in [1.165, 1.54) is 12.8 Å². The van der Waals surface area contributed by atoms with Gasteiger partial charge in [-0.25, -0.2) is 0 Å². The normalized spacial score (nSPS) is 35.7. The minimum absolute atomic E-state index is 0.266. The molecule has 3 nitrogen and oxygen atoms in total. The number of aliphatic hydroxyl groups is 1. The second-order valence-corrected chi connectivity index (χ2v) is 6.59. The maximum atomic E-state index is 9.05. The molecule has 1 saturated carbocycles. The Labute approximate surface area is 111 Å². The summed E-state index contributed by atoms with van der Waals surface area (Å²) in [7, 11) is 0. The number of hydrogen-bond donors (Lipinski definition) is 2. The van der Waals surface area contributed by atoms with Crippen LogP contribution in [-0.4, -0.2) is 37.0 Å². The minimum Gasteiger partial charge on any atom is -0.396 e. The fourth-order valence-electron chi connectivity index (χ4n) is 3.86. The molecule has 2 aliphatic rings. The molecule has 0 spiro atoms. The Morgan fingerprint density at radius 2 is 2.22 bits per heavy atom. The Balaban J connectivity index is 1.85. The molecule has 0 aromatic carbocycles. The lowest BCUT2D eigenvalue weighted by molar-refractivity contribution is -0.193. The summed E-state index contributed by atoms with van der Waals surface area (Å²) in [5, 5.41) is 12.8. The Morgan fingerprint density at radius 1 is 1.44 bits per heavy atom. The molecule has 4 atom stereocenters. The van der Waals surface area contributed by atoms with E-state index in [1.54, 1.807) is 0 Å². The Hall–Kier alpha value is -0.120. The average molecular weight is 255 g/mol. The van der Waals surface area contributed by atoms with Crippen molar-refractivity contribution in [2.45, 2.75) is 58.6 Å². The summed E-state index contributed by atoms with van der Waals surface area (Å²) in [5.74, 6) is 1.31. The molecule has 1 aliphatic heterocycles. The van der Waals surface area contributed by atoms with Crippen LogP contribution in [0.25, 0.3) is 0 Å². The summed E-state index contributed by atoms with van der Waals surface area (Å²) in [6, 6.07) is 0.593. The molecule has 0 radical (unpaired) electrons. The van der Waals surface area contributed by atoms with Gasteiger partial charge in [0, 0.05) is 30.6 Å². The highest BCUT2D eigenvalue weighted by Crippen LogP contribution is 2.51. The lowest BCUT2D eigenvalue weighted by Crippen LogP contribution is -2.69. The van der Waals surface area contributed by atoms with Gasteiger partial charge in [-0.3, -0.25) is 0 Å². The van der Waals surface area contributed by atoms with Crippen molar-refractivity contribution in [3.8, 4) is 0 Å². The molecular formula is C15H29NO2. The highest BCUT2D eigenvalue weighted by molar-refractivity contribution is 5.10. The Kier molecular flexibility index (Phi) is 4.68. The first-order chi connectivity index (χ1) is 8.61. The SMILES string of the molecule is CCC(CCO)CNC1C2CCCOC2C1(C)C. The standard InChI is InChI=1S/C15H29NO2/c1-4-11(7-8-17)10-16-13-12-6-5-9-18-14(12)15(13,2)3/h11-14,16-17H,4-10H2,1-3H3. The van der Waals surface area contributed by atoms with Crippen molar-refractivity contribution < 1.29 is 9.84 Å². The molecule has 4 unspecified atom stereocenters. The Bertz CT molecular complexity index is 267. The maximum Gasteiger partial charge on any atom is 0.0684 e. The molecule has 2 N–H and O–H groups in total. The lowest BCUT2D eigenvalue weighted by Gasteiger charge is -2.60. The van der Waals surface area contributed by atoms with Gasteiger partial charge in [-0.1, -0.05) is 27.2 Å². The lowest BCUT2D eigenvalue weighted by atomic mass is 9.55. The van der Waals surface area contributed by atoms with Gasteiger partial charge in [-0.15, -0.1) is 0 Å². The zero-order valence-electron chi connectivity index (χ0n) is 12.1. The van der Waals surface area contributed by atoms with Gasteiger partial charge in [-0.2, -0.15) is 0 Å². The fourth-order valence-corrected chi connectivity index (χ4v) is 3.86. The highest BCUT2D eigenvalue weighted by Gasteiger charge is 2.57. The van der Waals surface area contributed by atoms with Crippen molar-refractivity contribution in [1.29, 1.82) is 0 Å². The minimum atomic E-state index is 0.266. The van der Waals surface area contributed by atoms with Gasteiger partial charge < -0.3 is 15.2 Å². The van der Waals surface area contributed by atoms with Crippen molar-refractivity contribution in [1.82, 2.24) is 5.32 Å². The number of fused-ring (bicyclic) bond motifs is 1. The third-order valence-corrected chi connectivity index (χ3v) is 5.07. The van der Waals surface area contributed by atoms with E-state index < -0.39 is 0 Å². The molecule has 1 saturated heterocycles. The zero-order valence-corrected chi connectivity index (χ0v) is 12.1. The third kappa shape index (κ3) is 2.59. The van der Waals surface area contributed by atoms with E-state index in [-0.39, 0.29) is 5.41 Å². The molecule has 106 valence electrons. The summed E-state index contributed by atoms with van der Waals surface area (Å²) in [4.78, 5) is 0. The first kappa shape index (κ1) is 14.3. The van der Waals surface area contributed by atoms with E-state index in [1.807, 2.05) is 0 Å². The van der Waals surface area contributed by atoms with Gasteiger partial charge in [-0.05, 0) is 31.7 Å². The van der Waals surface area contributed by atoms with E-state index >= 15 is 0 Å². The quantitative estimate of drug-likeness (QED) is 0.764. The third-order valence-electron chi connectivity index (χ3n) is 5.07. The summed E-state index contributed by atoms with van der Waals surface area (Å²) >= 11 is 0. The molecule has 1 heterocycles. The first-order valence-electron chi connectivity index (χ1n) is 7.57. The monoisotopic (exact) mass is 255 g/mol.